The zero-order chi connectivity index (χ0) is 25.5. The first-order chi connectivity index (χ1) is 16.5. The summed E-state index contributed by atoms with van der Waals surface area (Å²) in [5, 5.41) is 19.1. The highest BCUT2D eigenvalue weighted by atomic mass is 16.5. The molecule has 2 amide bonds. The first-order valence-corrected chi connectivity index (χ1v) is 11.9. The fourth-order valence-corrected chi connectivity index (χ4v) is 4.75. The summed E-state index contributed by atoms with van der Waals surface area (Å²) in [5.41, 5.74) is 3.19. The Morgan fingerprint density at radius 2 is 1.91 bits per heavy atom. The minimum absolute atomic E-state index is 0.103. The average molecular weight is 484 g/mol. The van der Waals surface area contributed by atoms with Gasteiger partial charge in [0.15, 0.2) is 0 Å². The van der Waals surface area contributed by atoms with Crippen molar-refractivity contribution in [2.45, 2.75) is 65.8 Å². The van der Waals surface area contributed by atoms with Crippen LogP contribution in [0.3, 0.4) is 0 Å². The maximum atomic E-state index is 13.8. The van der Waals surface area contributed by atoms with Crippen LogP contribution in [0.4, 0.5) is 0 Å². The number of aromatic nitrogens is 3. The number of esters is 1. The van der Waals surface area contributed by atoms with Gasteiger partial charge in [-0.3, -0.25) is 9.59 Å². The van der Waals surface area contributed by atoms with E-state index in [0.29, 0.717) is 37.3 Å². The number of amides is 2. The van der Waals surface area contributed by atoms with Crippen molar-refractivity contribution in [2.75, 3.05) is 20.2 Å². The van der Waals surface area contributed by atoms with E-state index in [4.69, 9.17) is 4.74 Å². The van der Waals surface area contributed by atoms with Crippen LogP contribution in [0, 0.1) is 5.41 Å². The summed E-state index contributed by atoms with van der Waals surface area (Å²) in [7, 11) is 1.35. The summed E-state index contributed by atoms with van der Waals surface area (Å²) in [6, 6.07) is 5.40. The van der Waals surface area contributed by atoms with Gasteiger partial charge in [-0.2, -0.15) is 0 Å². The van der Waals surface area contributed by atoms with Crippen LogP contribution in [0.25, 0.3) is 0 Å². The number of hydrogen-bond acceptors (Lipinski definition) is 7. The SMILES string of the molecule is CCn1nnc2c1[C@H](C(=O)N1CCc3cc(C(=O)OC)ccc3C1)CN(C(=O)[C@@H](O)C(C)(C)C)C2. The van der Waals surface area contributed by atoms with Crippen molar-refractivity contribution in [3.8, 4) is 0 Å². The van der Waals surface area contributed by atoms with E-state index < -0.39 is 23.3 Å². The van der Waals surface area contributed by atoms with Crippen LogP contribution < -0.4 is 0 Å². The smallest absolute Gasteiger partial charge is 0.337 e. The molecule has 0 unspecified atom stereocenters. The van der Waals surface area contributed by atoms with E-state index in [9.17, 15) is 19.5 Å². The molecule has 10 heteroatoms. The van der Waals surface area contributed by atoms with Crippen LogP contribution in [-0.4, -0.2) is 74.0 Å². The monoisotopic (exact) mass is 483 g/mol. The van der Waals surface area contributed by atoms with E-state index in [1.807, 2.05) is 19.1 Å². The van der Waals surface area contributed by atoms with Gasteiger partial charge in [0.2, 0.25) is 5.91 Å². The molecule has 2 aromatic rings. The molecule has 2 aliphatic rings. The van der Waals surface area contributed by atoms with Crippen molar-refractivity contribution in [3.05, 3.63) is 46.3 Å². The lowest BCUT2D eigenvalue weighted by molar-refractivity contribution is -0.148. The molecule has 0 saturated heterocycles. The molecule has 1 aromatic heterocycles. The Labute approximate surface area is 204 Å². The lowest BCUT2D eigenvalue weighted by Crippen LogP contribution is -2.51. The number of ether oxygens (including phenoxy) is 1. The number of carbonyl (C=O) groups is 3. The van der Waals surface area contributed by atoms with Crippen molar-refractivity contribution in [2.24, 2.45) is 5.41 Å². The average Bonchev–Trinajstić information content (AvgIpc) is 3.28. The molecule has 10 nitrogen and oxygen atoms in total. The predicted octanol–water partition coefficient (Wildman–Crippen LogP) is 1.50. The highest BCUT2D eigenvalue weighted by molar-refractivity contribution is 5.90. The number of aliphatic hydroxyl groups is 1. The number of aliphatic hydroxyl groups excluding tert-OH is 1. The number of nitrogens with zero attached hydrogens (tertiary/aromatic N) is 5. The van der Waals surface area contributed by atoms with Crippen LogP contribution in [0.15, 0.2) is 18.2 Å². The Morgan fingerprint density at radius 3 is 2.57 bits per heavy atom. The standard InChI is InChI=1S/C25H33N5O5/c1-6-30-20-18(13-29(14-19(20)26-27-30)23(33)21(31)25(2,3)4)22(32)28-10-9-15-11-16(24(34)35-5)7-8-17(15)12-28/h7-8,11,18,21,31H,6,9-10,12-14H2,1-5H3/t18-,21-/m1/s1. The summed E-state index contributed by atoms with van der Waals surface area (Å²) < 4.78 is 6.54. The van der Waals surface area contributed by atoms with Crippen molar-refractivity contribution in [1.29, 1.82) is 0 Å². The molecule has 3 heterocycles. The van der Waals surface area contributed by atoms with Gasteiger partial charge in [-0.25, -0.2) is 9.48 Å². The molecule has 2 atom stereocenters. The maximum absolute atomic E-state index is 13.8. The van der Waals surface area contributed by atoms with Gasteiger partial charge in [0, 0.05) is 26.2 Å². The van der Waals surface area contributed by atoms with Crippen LogP contribution in [-0.2, 0) is 40.4 Å². The van der Waals surface area contributed by atoms with E-state index in [2.05, 4.69) is 10.3 Å². The second-order valence-corrected chi connectivity index (χ2v) is 10.3. The molecule has 0 radical (unpaired) electrons. The molecule has 0 saturated carbocycles. The van der Waals surface area contributed by atoms with Gasteiger partial charge in [-0.05, 0) is 42.0 Å². The number of benzene rings is 1. The maximum Gasteiger partial charge on any atom is 0.337 e. The van der Waals surface area contributed by atoms with Crippen LogP contribution >= 0.6 is 0 Å². The molecule has 1 aromatic carbocycles. The molecule has 35 heavy (non-hydrogen) atoms. The van der Waals surface area contributed by atoms with Gasteiger partial charge in [0.05, 0.1) is 30.8 Å². The summed E-state index contributed by atoms with van der Waals surface area (Å²) in [6.07, 6.45) is -0.575. The Morgan fingerprint density at radius 1 is 1.17 bits per heavy atom. The third-order valence-electron chi connectivity index (χ3n) is 6.84. The molecule has 1 N–H and O–H groups in total. The van der Waals surface area contributed by atoms with E-state index >= 15 is 0 Å². The second-order valence-electron chi connectivity index (χ2n) is 10.3. The number of carbonyl (C=O) groups excluding carboxylic acids is 3. The molecule has 0 fully saturated rings. The number of hydrogen-bond donors (Lipinski definition) is 1. The number of rotatable bonds is 4. The zero-order valence-electron chi connectivity index (χ0n) is 20.9. The van der Waals surface area contributed by atoms with Crippen molar-refractivity contribution < 1.29 is 24.2 Å². The van der Waals surface area contributed by atoms with Crippen molar-refractivity contribution in [1.82, 2.24) is 24.8 Å². The second kappa shape index (κ2) is 9.41. The summed E-state index contributed by atoms with van der Waals surface area (Å²) >= 11 is 0. The lowest BCUT2D eigenvalue weighted by atomic mass is 9.87. The van der Waals surface area contributed by atoms with Gasteiger partial charge in [-0.1, -0.05) is 32.1 Å². The highest BCUT2D eigenvalue weighted by Gasteiger charge is 2.42. The lowest BCUT2D eigenvalue weighted by Gasteiger charge is -2.38. The van der Waals surface area contributed by atoms with Gasteiger partial charge in [-0.15, -0.1) is 5.10 Å². The Balaban J connectivity index is 1.60. The minimum atomic E-state index is -1.19. The van der Waals surface area contributed by atoms with Gasteiger partial charge < -0.3 is 19.6 Å². The molecule has 4 rings (SSSR count). The third kappa shape index (κ3) is 4.67. The molecule has 0 bridgehead atoms. The quantitative estimate of drug-likeness (QED) is 0.655. The Bertz CT molecular complexity index is 1150. The number of methoxy groups -OCH3 is 1. The number of fused-ring (bicyclic) bond motifs is 2. The number of aryl methyl sites for hydroxylation is 1. The van der Waals surface area contributed by atoms with E-state index in [1.54, 1.807) is 36.4 Å². The molecule has 0 spiro atoms. The van der Waals surface area contributed by atoms with Gasteiger partial charge in [0.25, 0.3) is 5.91 Å². The van der Waals surface area contributed by atoms with Crippen molar-refractivity contribution in [3.63, 3.8) is 0 Å². The van der Waals surface area contributed by atoms with Gasteiger partial charge >= 0.3 is 5.97 Å². The summed E-state index contributed by atoms with van der Waals surface area (Å²) in [4.78, 5) is 42.1. The predicted molar refractivity (Wildman–Crippen MR) is 126 cm³/mol. The zero-order valence-corrected chi connectivity index (χ0v) is 20.9. The third-order valence-corrected chi connectivity index (χ3v) is 6.84. The Hall–Kier alpha value is -3.27. The first kappa shape index (κ1) is 24.8. The van der Waals surface area contributed by atoms with Gasteiger partial charge in [0.1, 0.15) is 11.8 Å². The molecular weight excluding hydrogens is 450 g/mol. The van der Waals surface area contributed by atoms with Crippen LogP contribution in [0.2, 0.25) is 0 Å². The fraction of sp³-hybridized carbons (Fsp3) is 0.560. The highest BCUT2D eigenvalue weighted by Crippen LogP contribution is 2.32. The molecule has 0 aliphatic carbocycles. The van der Waals surface area contributed by atoms with E-state index in [-0.39, 0.29) is 25.0 Å². The molecular formula is C25H33N5O5. The van der Waals surface area contributed by atoms with E-state index in [1.165, 1.54) is 12.0 Å². The largest absolute Gasteiger partial charge is 0.465 e. The topological polar surface area (TPSA) is 118 Å². The summed E-state index contributed by atoms with van der Waals surface area (Å²) in [5.74, 6) is -1.52. The van der Waals surface area contributed by atoms with Crippen molar-refractivity contribution >= 4 is 17.8 Å². The van der Waals surface area contributed by atoms with Crippen LogP contribution in [0.1, 0.15) is 66.5 Å². The van der Waals surface area contributed by atoms with Crippen LogP contribution in [0.5, 0.6) is 0 Å². The molecule has 188 valence electrons. The molecule has 2 aliphatic heterocycles. The van der Waals surface area contributed by atoms with E-state index in [0.717, 1.165) is 16.8 Å². The summed E-state index contributed by atoms with van der Waals surface area (Å²) in [6.45, 7) is 9.19. The minimum Gasteiger partial charge on any atom is -0.465 e. The normalized spacial score (nSPS) is 18.5. The Kier molecular flexibility index (Phi) is 6.68. The fourth-order valence-electron chi connectivity index (χ4n) is 4.75. The first-order valence-electron chi connectivity index (χ1n) is 11.9.